The summed E-state index contributed by atoms with van der Waals surface area (Å²) in [5.74, 6) is 0. The van der Waals surface area contributed by atoms with Gasteiger partial charge in [-0.15, -0.1) is 0 Å². The Morgan fingerprint density at radius 3 is 2.33 bits per heavy atom. The molecule has 3 nitrogen and oxygen atoms in total. The van der Waals surface area contributed by atoms with E-state index in [0.717, 1.165) is 29.5 Å². The summed E-state index contributed by atoms with van der Waals surface area (Å²) in [6, 6.07) is 6.84. The smallest absolute Gasteiger partial charge is 0.151 e. The van der Waals surface area contributed by atoms with Gasteiger partial charge in [-0.25, -0.2) is 0 Å². The molecule has 0 aliphatic carbocycles. The van der Waals surface area contributed by atoms with Crippen molar-refractivity contribution in [2.24, 2.45) is 7.05 Å². The largest absolute Gasteiger partial charge is 0.347 e. The molecule has 0 aliphatic heterocycles. The number of aromatic nitrogens is 1. The Morgan fingerprint density at radius 1 is 1.11 bits per heavy atom. The molecule has 18 heavy (non-hydrogen) atoms. The first kappa shape index (κ1) is 12.6. The second-order valence-electron chi connectivity index (χ2n) is 4.10. The molecule has 1 aromatic heterocycles. The van der Waals surface area contributed by atoms with Gasteiger partial charge in [0, 0.05) is 40.1 Å². The van der Waals surface area contributed by atoms with Crippen molar-refractivity contribution >= 4 is 24.2 Å². The van der Waals surface area contributed by atoms with E-state index in [1.54, 1.807) is 24.3 Å². The number of halogens is 1. The average molecular weight is 262 g/mol. The van der Waals surface area contributed by atoms with Crippen molar-refractivity contribution in [2.75, 3.05) is 0 Å². The Balaban J connectivity index is 2.72. The summed E-state index contributed by atoms with van der Waals surface area (Å²) in [5, 5.41) is 0.558. The van der Waals surface area contributed by atoms with E-state index in [1.165, 1.54) is 0 Å². The van der Waals surface area contributed by atoms with E-state index < -0.39 is 0 Å². The molecule has 0 saturated carbocycles. The molecule has 0 saturated heterocycles. The maximum absolute atomic E-state index is 11.1. The van der Waals surface area contributed by atoms with Gasteiger partial charge in [-0.05, 0) is 31.2 Å². The quantitative estimate of drug-likeness (QED) is 0.796. The van der Waals surface area contributed by atoms with E-state index >= 15 is 0 Å². The molecule has 0 radical (unpaired) electrons. The molecule has 2 aromatic rings. The van der Waals surface area contributed by atoms with Crippen molar-refractivity contribution in [1.29, 1.82) is 0 Å². The lowest BCUT2D eigenvalue weighted by Gasteiger charge is -2.08. The standard InChI is InChI=1S/C14H12ClNO2/c1-9-11(8-18)5-14(16(9)2)13-6-12(15)4-3-10(13)7-17/h3-8H,1-2H3. The summed E-state index contributed by atoms with van der Waals surface area (Å²) >= 11 is 5.96. The second kappa shape index (κ2) is 4.78. The van der Waals surface area contributed by atoms with Gasteiger partial charge in [0.1, 0.15) is 0 Å². The van der Waals surface area contributed by atoms with Crippen LogP contribution < -0.4 is 0 Å². The molecule has 0 atom stereocenters. The van der Waals surface area contributed by atoms with Gasteiger partial charge < -0.3 is 4.57 Å². The zero-order chi connectivity index (χ0) is 13.3. The highest BCUT2D eigenvalue weighted by molar-refractivity contribution is 6.31. The lowest BCUT2D eigenvalue weighted by Crippen LogP contribution is -1.97. The summed E-state index contributed by atoms with van der Waals surface area (Å²) in [6.07, 6.45) is 1.60. The van der Waals surface area contributed by atoms with Gasteiger partial charge in [-0.1, -0.05) is 11.6 Å². The molecule has 0 fully saturated rings. The van der Waals surface area contributed by atoms with Gasteiger partial charge in [0.15, 0.2) is 12.6 Å². The average Bonchev–Trinajstić information content (AvgIpc) is 2.66. The third-order valence-corrected chi connectivity index (χ3v) is 3.35. The molecule has 4 heteroatoms. The normalized spacial score (nSPS) is 10.4. The van der Waals surface area contributed by atoms with Crippen LogP contribution in [0, 0.1) is 6.92 Å². The number of aldehydes is 2. The fraction of sp³-hybridized carbons (Fsp3) is 0.143. The summed E-state index contributed by atoms with van der Waals surface area (Å²) in [4.78, 5) is 22.0. The van der Waals surface area contributed by atoms with Gasteiger partial charge in [0.2, 0.25) is 0 Å². The van der Waals surface area contributed by atoms with Gasteiger partial charge in [0.05, 0.1) is 0 Å². The zero-order valence-electron chi connectivity index (χ0n) is 10.1. The van der Waals surface area contributed by atoms with Crippen molar-refractivity contribution in [3.05, 3.63) is 46.1 Å². The van der Waals surface area contributed by atoms with Crippen LogP contribution in [-0.2, 0) is 7.05 Å². The number of carbonyl (C=O) groups is 2. The molecule has 0 aliphatic rings. The highest BCUT2D eigenvalue weighted by atomic mass is 35.5. The highest BCUT2D eigenvalue weighted by Gasteiger charge is 2.13. The lowest BCUT2D eigenvalue weighted by molar-refractivity contribution is 0.111. The van der Waals surface area contributed by atoms with Crippen molar-refractivity contribution in [1.82, 2.24) is 4.57 Å². The SMILES string of the molecule is Cc1c(C=O)cc(-c2cc(Cl)ccc2C=O)n1C. The minimum Gasteiger partial charge on any atom is -0.347 e. The van der Waals surface area contributed by atoms with Crippen molar-refractivity contribution in [3.63, 3.8) is 0 Å². The van der Waals surface area contributed by atoms with Gasteiger partial charge >= 0.3 is 0 Å². The third kappa shape index (κ3) is 1.97. The number of carbonyl (C=O) groups excluding carboxylic acids is 2. The van der Waals surface area contributed by atoms with E-state index in [-0.39, 0.29) is 0 Å². The Morgan fingerprint density at radius 2 is 1.78 bits per heavy atom. The predicted molar refractivity (Wildman–Crippen MR) is 71.4 cm³/mol. The lowest BCUT2D eigenvalue weighted by atomic mass is 10.1. The first-order chi connectivity index (χ1) is 8.58. The maximum Gasteiger partial charge on any atom is 0.151 e. The Hall–Kier alpha value is -1.87. The highest BCUT2D eigenvalue weighted by Crippen LogP contribution is 2.28. The van der Waals surface area contributed by atoms with Crippen LogP contribution in [0.25, 0.3) is 11.3 Å². The van der Waals surface area contributed by atoms with Crippen molar-refractivity contribution in [3.8, 4) is 11.3 Å². The molecule has 0 bridgehead atoms. The van der Waals surface area contributed by atoms with Gasteiger partial charge in [-0.2, -0.15) is 0 Å². The molecule has 0 N–H and O–H groups in total. The predicted octanol–water partition coefficient (Wildman–Crippen LogP) is 3.28. The molecule has 92 valence electrons. The van der Waals surface area contributed by atoms with Crippen LogP contribution in [-0.4, -0.2) is 17.1 Å². The summed E-state index contributed by atoms with van der Waals surface area (Å²) < 4.78 is 1.88. The van der Waals surface area contributed by atoms with Crippen LogP contribution in [0.1, 0.15) is 26.4 Å². The van der Waals surface area contributed by atoms with Crippen molar-refractivity contribution in [2.45, 2.75) is 6.92 Å². The minimum atomic E-state index is 0.553. The number of rotatable bonds is 3. The fourth-order valence-electron chi connectivity index (χ4n) is 1.95. The van der Waals surface area contributed by atoms with E-state index in [2.05, 4.69) is 0 Å². The zero-order valence-corrected chi connectivity index (χ0v) is 10.9. The molecular weight excluding hydrogens is 250 g/mol. The van der Waals surface area contributed by atoms with Crippen LogP contribution in [0.4, 0.5) is 0 Å². The molecule has 0 amide bonds. The van der Waals surface area contributed by atoms with Crippen molar-refractivity contribution < 1.29 is 9.59 Å². The monoisotopic (exact) mass is 261 g/mol. The van der Waals surface area contributed by atoms with Crippen LogP contribution in [0.3, 0.4) is 0 Å². The Bertz CT molecular complexity index is 629. The van der Waals surface area contributed by atoms with E-state index in [4.69, 9.17) is 11.6 Å². The summed E-state index contributed by atoms with van der Waals surface area (Å²) in [5.41, 5.74) is 3.56. The van der Waals surface area contributed by atoms with Crippen LogP contribution in [0.5, 0.6) is 0 Å². The van der Waals surface area contributed by atoms with E-state index in [1.807, 2.05) is 18.5 Å². The van der Waals surface area contributed by atoms with Crippen LogP contribution in [0.15, 0.2) is 24.3 Å². The minimum absolute atomic E-state index is 0.553. The molecule has 1 heterocycles. The molecule has 0 unspecified atom stereocenters. The van der Waals surface area contributed by atoms with E-state index in [0.29, 0.717) is 16.1 Å². The van der Waals surface area contributed by atoms with Crippen LogP contribution in [0.2, 0.25) is 5.02 Å². The number of hydrogen-bond donors (Lipinski definition) is 0. The molecule has 2 rings (SSSR count). The number of nitrogens with zero attached hydrogens (tertiary/aromatic N) is 1. The summed E-state index contributed by atoms with van der Waals surface area (Å²) in [6.45, 7) is 1.86. The maximum atomic E-state index is 11.1. The fourth-order valence-corrected chi connectivity index (χ4v) is 2.13. The number of hydrogen-bond acceptors (Lipinski definition) is 2. The Labute approximate surface area is 110 Å². The van der Waals surface area contributed by atoms with E-state index in [9.17, 15) is 9.59 Å². The van der Waals surface area contributed by atoms with Gasteiger partial charge in [-0.3, -0.25) is 9.59 Å². The molecule has 1 aromatic carbocycles. The Kier molecular flexibility index (Phi) is 3.34. The molecular formula is C14H12ClNO2. The van der Waals surface area contributed by atoms with Gasteiger partial charge in [0.25, 0.3) is 0 Å². The van der Waals surface area contributed by atoms with Crippen LogP contribution >= 0.6 is 11.6 Å². The molecule has 0 spiro atoms. The number of benzene rings is 1. The third-order valence-electron chi connectivity index (χ3n) is 3.12. The second-order valence-corrected chi connectivity index (χ2v) is 4.53. The summed E-state index contributed by atoms with van der Waals surface area (Å²) in [7, 11) is 1.85. The first-order valence-electron chi connectivity index (χ1n) is 5.45. The topological polar surface area (TPSA) is 39.1 Å². The first-order valence-corrected chi connectivity index (χ1v) is 5.83.